The van der Waals surface area contributed by atoms with E-state index in [4.69, 9.17) is 4.74 Å². The van der Waals surface area contributed by atoms with Gasteiger partial charge in [0.2, 0.25) is 5.91 Å². The number of nitrogens with one attached hydrogen (secondary N) is 2. The third-order valence-electron chi connectivity index (χ3n) is 5.37. The molecule has 3 rings (SSSR count). The molecular weight excluding hydrogens is 387 g/mol. The van der Waals surface area contributed by atoms with Crippen molar-refractivity contribution in [3.8, 4) is 0 Å². The molecule has 0 bridgehead atoms. The molecule has 2 amide bonds. The van der Waals surface area contributed by atoms with Crippen molar-refractivity contribution in [2.75, 3.05) is 25.0 Å². The predicted molar refractivity (Wildman–Crippen MR) is 102 cm³/mol. The summed E-state index contributed by atoms with van der Waals surface area (Å²) >= 11 is 0. The molecule has 3 atom stereocenters. The fraction of sp³-hybridized carbons (Fsp3) is 0.600. The third-order valence-corrected chi connectivity index (χ3v) is 5.37. The SMILES string of the molecule is CC(=O)Nc1cc(C(=O)N[C@H]2C[C@H]3CO[C@H](C(C)C)CN3C2)cc(C(F)(F)F)c1. The number of rotatable bonds is 4. The number of ether oxygens (including phenoxy) is 1. The summed E-state index contributed by atoms with van der Waals surface area (Å²) in [6, 6.07) is 2.91. The molecule has 2 fully saturated rings. The Bertz CT molecular complexity index is 782. The molecule has 9 heteroatoms. The van der Waals surface area contributed by atoms with E-state index in [9.17, 15) is 22.8 Å². The fourth-order valence-corrected chi connectivity index (χ4v) is 3.87. The molecule has 6 nitrogen and oxygen atoms in total. The molecule has 0 unspecified atom stereocenters. The van der Waals surface area contributed by atoms with Crippen LogP contribution in [0.1, 0.15) is 43.1 Å². The maximum absolute atomic E-state index is 13.2. The highest BCUT2D eigenvalue weighted by Crippen LogP contribution is 2.32. The quantitative estimate of drug-likeness (QED) is 0.797. The first-order valence-corrected chi connectivity index (χ1v) is 9.69. The molecule has 0 spiro atoms. The van der Waals surface area contributed by atoms with Gasteiger partial charge >= 0.3 is 6.18 Å². The second kappa shape index (κ2) is 8.31. The summed E-state index contributed by atoms with van der Waals surface area (Å²) < 4.78 is 45.5. The van der Waals surface area contributed by atoms with Crippen molar-refractivity contribution in [2.45, 2.75) is 51.6 Å². The number of alkyl halides is 3. The molecule has 0 aliphatic carbocycles. The Hall–Kier alpha value is -2.13. The van der Waals surface area contributed by atoms with Gasteiger partial charge in [0.1, 0.15) is 0 Å². The van der Waals surface area contributed by atoms with Crippen molar-refractivity contribution in [2.24, 2.45) is 5.92 Å². The summed E-state index contributed by atoms with van der Waals surface area (Å²) in [5.41, 5.74) is -1.18. The molecule has 2 saturated heterocycles. The Labute approximate surface area is 167 Å². The molecule has 1 aromatic rings. The van der Waals surface area contributed by atoms with Crippen molar-refractivity contribution in [3.05, 3.63) is 29.3 Å². The Morgan fingerprint density at radius 3 is 2.55 bits per heavy atom. The van der Waals surface area contributed by atoms with Crippen molar-refractivity contribution in [3.63, 3.8) is 0 Å². The number of nitrogens with zero attached hydrogens (tertiary/aromatic N) is 1. The summed E-state index contributed by atoms with van der Waals surface area (Å²) in [4.78, 5) is 26.2. The van der Waals surface area contributed by atoms with E-state index < -0.39 is 23.6 Å². The normalized spacial score (nSPS) is 25.0. The van der Waals surface area contributed by atoms with E-state index in [2.05, 4.69) is 29.4 Å². The van der Waals surface area contributed by atoms with E-state index >= 15 is 0 Å². The van der Waals surface area contributed by atoms with Crippen LogP contribution in [0.3, 0.4) is 0 Å². The highest BCUT2D eigenvalue weighted by atomic mass is 19.4. The van der Waals surface area contributed by atoms with Crippen LogP contribution in [0.5, 0.6) is 0 Å². The van der Waals surface area contributed by atoms with Crippen LogP contribution in [0.25, 0.3) is 0 Å². The summed E-state index contributed by atoms with van der Waals surface area (Å²) in [5, 5.41) is 5.16. The lowest BCUT2D eigenvalue weighted by Gasteiger charge is -2.36. The largest absolute Gasteiger partial charge is 0.416 e. The van der Waals surface area contributed by atoms with Gasteiger partial charge in [-0.15, -0.1) is 0 Å². The lowest BCUT2D eigenvalue weighted by atomic mass is 10.0. The lowest BCUT2D eigenvalue weighted by molar-refractivity contribution is -0.137. The Morgan fingerprint density at radius 2 is 1.93 bits per heavy atom. The first kappa shape index (κ1) is 21.6. The number of anilines is 1. The molecule has 2 aliphatic heterocycles. The molecule has 2 N–H and O–H groups in total. The van der Waals surface area contributed by atoms with E-state index in [0.29, 0.717) is 25.5 Å². The molecule has 2 aliphatic rings. The highest BCUT2D eigenvalue weighted by Gasteiger charge is 2.39. The smallest absolute Gasteiger partial charge is 0.375 e. The minimum absolute atomic E-state index is 0.0607. The average Bonchev–Trinajstić information content (AvgIpc) is 3.01. The van der Waals surface area contributed by atoms with Gasteiger partial charge in [-0.05, 0) is 30.5 Å². The Morgan fingerprint density at radius 1 is 1.21 bits per heavy atom. The first-order chi connectivity index (χ1) is 13.5. The maximum Gasteiger partial charge on any atom is 0.416 e. The molecule has 0 aromatic heterocycles. The van der Waals surface area contributed by atoms with Crippen LogP contribution >= 0.6 is 0 Å². The number of amides is 2. The zero-order valence-corrected chi connectivity index (χ0v) is 16.7. The van der Waals surface area contributed by atoms with Gasteiger partial charge < -0.3 is 15.4 Å². The third kappa shape index (κ3) is 5.27. The van der Waals surface area contributed by atoms with Crippen LogP contribution in [0.2, 0.25) is 0 Å². The van der Waals surface area contributed by atoms with Gasteiger partial charge in [-0.1, -0.05) is 13.8 Å². The number of morpholine rings is 1. The number of hydrogen-bond donors (Lipinski definition) is 2. The standard InChI is InChI=1S/C20H26F3N3O3/c1-11(2)18-9-26-8-16(7-17(26)10-29-18)25-19(28)13-4-14(20(21,22)23)6-15(5-13)24-12(3)27/h4-6,11,16-18H,7-10H2,1-3H3,(H,24,27)(H,25,28)/t16-,17-,18-/m0/s1. The Kier molecular flexibility index (Phi) is 6.19. The van der Waals surface area contributed by atoms with Crippen LogP contribution in [0.15, 0.2) is 18.2 Å². The van der Waals surface area contributed by atoms with Crippen molar-refractivity contribution in [1.82, 2.24) is 10.2 Å². The van der Waals surface area contributed by atoms with Crippen molar-refractivity contribution < 1.29 is 27.5 Å². The van der Waals surface area contributed by atoms with Crippen LogP contribution in [0.4, 0.5) is 18.9 Å². The maximum atomic E-state index is 13.2. The average molecular weight is 413 g/mol. The van der Waals surface area contributed by atoms with Gasteiger partial charge in [0, 0.05) is 43.3 Å². The van der Waals surface area contributed by atoms with Crippen molar-refractivity contribution in [1.29, 1.82) is 0 Å². The monoisotopic (exact) mass is 413 g/mol. The van der Waals surface area contributed by atoms with Gasteiger partial charge in [-0.3, -0.25) is 14.5 Å². The van der Waals surface area contributed by atoms with Crippen LogP contribution in [0, 0.1) is 5.92 Å². The van der Waals surface area contributed by atoms with Gasteiger partial charge in [0.25, 0.3) is 5.91 Å². The van der Waals surface area contributed by atoms with Gasteiger partial charge in [0.05, 0.1) is 18.3 Å². The predicted octanol–water partition coefficient (Wildman–Crippen LogP) is 2.89. The van der Waals surface area contributed by atoms with E-state index in [1.54, 1.807) is 0 Å². The van der Waals surface area contributed by atoms with Gasteiger partial charge in [-0.25, -0.2) is 0 Å². The molecular formula is C20H26F3N3O3. The zero-order valence-electron chi connectivity index (χ0n) is 16.7. The minimum atomic E-state index is -4.62. The summed E-state index contributed by atoms with van der Waals surface area (Å²) in [5.74, 6) is -0.709. The number of benzene rings is 1. The summed E-state index contributed by atoms with van der Waals surface area (Å²) in [7, 11) is 0. The van der Waals surface area contributed by atoms with Crippen LogP contribution in [-0.4, -0.2) is 54.6 Å². The van der Waals surface area contributed by atoms with Gasteiger partial charge in [0.15, 0.2) is 0 Å². The van der Waals surface area contributed by atoms with Crippen LogP contribution < -0.4 is 10.6 Å². The first-order valence-electron chi connectivity index (χ1n) is 9.69. The fourth-order valence-electron chi connectivity index (χ4n) is 3.87. The topological polar surface area (TPSA) is 70.7 Å². The summed E-state index contributed by atoms with van der Waals surface area (Å²) in [6.45, 7) is 7.40. The molecule has 1 aromatic carbocycles. The zero-order chi connectivity index (χ0) is 21.3. The molecule has 29 heavy (non-hydrogen) atoms. The van der Waals surface area contributed by atoms with E-state index in [0.717, 1.165) is 18.7 Å². The second-order valence-electron chi connectivity index (χ2n) is 8.11. The molecule has 2 heterocycles. The molecule has 0 saturated carbocycles. The Balaban J connectivity index is 1.71. The van der Waals surface area contributed by atoms with E-state index in [1.165, 1.54) is 13.0 Å². The van der Waals surface area contributed by atoms with E-state index in [1.807, 2.05) is 0 Å². The van der Waals surface area contributed by atoms with E-state index in [-0.39, 0.29) is 29.4 Å². The number of hydrogen-bond acceptors (Lipinski definition) is 4. The number of fused-ring (bicyclic) bond motifs is 1. The summed E-state index contributed by atoms with van der Waals surface area (Å²) in [6.07, 6.45) is -3.79. The highest BCUT2D eigenvalue weighted by molar-refractivity contribution is 5.97. The van der Waals surface area contributed by atoms with Crippen molar-refractivity contribution >= 4 is 17.5 Å². The minimum Gasteiger partial charge on any atom is -0.375 e. The van der Waals surface area contributed by atoms with Crippen LogP contribution in [-0.2, 0) is 15.7 Å². The van der Waals surface area contributed by atoms with Gasteiger partial charge in [-0.2, -0.15) is 13.2 Å². The number of carbonyl (C=O) groups excluding carboxylic acids is 2. The number of carbonyl (C=O) groups is 2. The second-order valence-corrected chi connectivity index (χ2v) is 8.11. The lowest BCUT2D eigenvalue weighted by Crippen LogP contribution is -2.48. The molecule has 160 valence electrons. The number of halogens is 3. The molecule has 0 radical (unpaired) electrons.